The van der Waals surface area contributed by atoms with Crippen molar-refractivity contribution < 1.29 is 9.53 Å². The lowest BCUT2D eigenvalue weighted by Crippen LogP contribution is -2.39. The van der Waals surface area contributed by atoms with Gasteiger partial charge < -0.3 is 14.2 Å². The second-order valence-corrected chi connectivity index (χ2v) is 6.37. The van der Waals surface area contributed by atoms with Gasteiger partial charge in [-0.05, 0) is 32.8 Å². The highest BCUT2D eigenvalue weighted by atomic mass is 16.5. The fraction of sp³-hybridized carbons (Fsp3) is 0.529. The van der Waals surface area contributed by atoms with Gasteiger partial charge in [-0.2, -0.15) is 0 Å². The van der Waals surface area contributed by atoms with E-state index in [9.17, 15) is 4.79 Å². The van der Waals surface area contributed by atoms with E-state index in [1.807, 2.05) is 4.90 Å². The van der Waals surface area contributed by atoms with Gasteiger partial charge in [0.2, 0.25) is 5.88 Å². The van der Waals surface area contributed by atoms with Gasteiger partial charge >= 0.3 is 0 Å². The highest BCUT2D eigenvalue weighted by molar-refractivity contribution is 5.94. The van der Waals surface area contributed by atoms with Crippen LogP contribution in [0.1, 0.15) is 54.8 Å². The summed E-state index contributed by atoms with van der Waals surface area (Å²) in [5.41, 5.74) is 0.585. The number of hydrogen-bond donors (Lipinski definition) is 0. The second-order valence-electron chi connectivity index (χ2n) is 6.37. The standard InChI is InChI=1S/C17H23N5O2/c1-12(2)22-11-19-20-16(22)14-5-4-8-21(10-14)17(23)13-6-7-15(24-3)18-9-13/h6-7,9,11-12,14H,4-5,8,10H2,1-3H3/t14-/m1/s1. The lowest BCUT2D eigenvalue weighted by molar-refractivity contribution is 0.0702. The minimum Gasteiger partial charge on any atom is -0.481 e. The van der Waals surface area contributed by atoms with Crippen LogP contribution in [0, 0.1) is 0 Å². The van der Waals surface area contributed by atoms with Gasteiger partial charge in [-0.3, -0.25) is 4.79 Å². The summed E-state index contributed by atoms with van der Waals surface area (Å²) in [6, 6.07) is 3.78. The third-order valence-corrected chi connectivity index (χ3v) is 4.42. The van der Waals surface area contributed by atoms with Gasteiger partial charge in [-0.1, -0.05) is 0 Å². The fourth-order valence-corrected chi connectivity index (χ4v) is 3.12. The van der Waals surface area contributed by atoms with Gasteiger partial charge in [0.15, 0.2) is 0 Å². The number of aromatic nitrogens is 4. The number of carbonyl (C=O) groups excluding carboxylic acids is 1. The Balaban J connectivity index is 1.75. The number of ether oxygens (including phenoxy) is 1. The van der Waals surface area contributed by atoms with E-state index in [-0.39, 0.29) is 11.8 Å². The molecule has 7 nitrogen and oxygen atoms in total. The molecule has 0 aromatic carbocycles. The van der Waals surface area contributed by atoms with Crippen molar-refractivity contribution in [3.8, 4) is 5.88 Å². The zero-order valence-corrected chi connectivity index (χ0v) is 14.3. The first kappa shape index (κ1) is 16.4. The third-order valence-electron chi connectivity index (χ3n) is 4.42. The first-order chi connectivity index (χ1) is 11.6. The van der Waals surface area contributed by atoms with Crippen molar-refractivity contribution in [2.24, 2.45) is 0 Å². The number of likely N-dealkylation sites (tertiary alicyclic amines) is 1. The van der Waals surface area contributed by atoms with Gasteiger partial charge in [-0.15, -0.1) is 10.2 Å². The van der Waals surface area contributed by atoms with E-state index < -0.39 is 0 Å². The van der Waals surface area contributed by atoms with Crippen molar-refractivity contribution in [2.45, 2.75) is 38.6 Å². The molecule has 0 saturated carbocycles. The average molecular weight is 329 g/mol. The SMILES string of the molecule is COc1ccc(C(=O)N2CCC[C@@H](c3nncn3C(C)C)C2)cn1. The van der Waals surface area contributed by atoms with E-state index in [0.717, 1.165) is 25.2 Å². The Bertz CT molecular complexity index is 695. The highest BCUT2D eigenvalue weighted by Gasteiger charge is 2.29. The lowest BCUT2D eigenvalue weighted by atomic mass is 9.96. The van der Waals surface area contributed by atoms with E-state index in [4.69, 9.17) is 4.74 Å². The molecule has 2 aromatic heterocycles. The van der Waals surface area contributed by atoms with Crippen molar-refractivity contribution in [3.05, 3.63) is 36.0 Å². The van der Waals surface area contributed by atoms with Crippen molar-refractivity contribution in [2.75, 3.05) is 20.2 Å². The first-order valence-corrected chi connectivity index (χ1v) is 8.29. The third kappa shape index (κ3) is 3.25. The summed E-state index contributed by atoms with van der Waals surface area (Å²) in [5, 5.41) is 8.35. The summed E-state index contributed by atoms with van der Waals surface area (Å²) in [7, 11) is 1.56. The predicted octanol–water partition coefficient (Wildman–Crippen LogP) is 2.28. The van der Waals surface area contributed by atoms with Crippen LogP contribution in [0.3, 0.4) is 0 Å². The Morgan fingerprint density at radius 1 is 1.38 bits per heavy atom. The predicted molar refractivity (Wildman–Crippen MR) is 89.1 cm³/mol. The summed E-state index contributed by atoms with van der Waals surface area (Å²) in [4.78, 5) is 18.7. The van der Waals surface area contributed by atoms with Crippen molar-refractivity contribution in [1.82, 2.24) is 24.6 Å². The molecule has 1 fully saturated rings. The van der Waals surface area contributed by atoms with Crippen LogP contribution in [0.4, 0.5) is 0 Å². The van der Waals surface area contributed by atoms with Crippen LogP contribution in [-0.4, -0.2) is 50.8 Å². The molecule has 7 heteroatoms. The van der Waals surface area contributed by atoms with E-state index in [2.05, 4.69) is 33.6 Å². The molecule has 1 saturated heterocycles. The smallest absolute Gasteiger partial charge is 0.255 e. The average Bonchev–Trinajstić information content (AvgIpc) is 3.11. The van der Waals surface area contributed by atoms with Crippen LogP contribution in [0.15, 0.2) is 24.7 Å². The summed E-state index contributed by atoms with van der Waals surface area (Å²) in [5.74, 6) is 1.70. The van der Waals surface area contributed by atoms with Gasteiger partial charge in [0.05, 0.1) is 12.7 Å². The molecule has 0 radical (unpaired) electrons. The molecule has 24 heavy (non-hydrogen) atoms. The number of amides is 1. The molecule has 1 amide bonds. The Labute approximate surface area is 141 Å². The molecule has 1 aliphatic heterocycles. The molecule has 128 valence electrons. The molecule has 0 bridgehead atoms. The molecule has 2 aromatic rings. The first-order valence-electron chi connectivity index (χ1n) is 8.29. The van der Waals surface area contributed by atoms with Gasteiger partial charge in [0.1, 0.15) is 12.2 Å². The maximum atomic E-state index is 12.7. The Morgan fingerprint density at radius 3 is 2.88 bits per heavy atom. The molecule has 3 heterocycles. The Hall–Kier alpha value is -2.44. The molecule has 0 spiro atoms. The van der Waals surface area contributed by atoms with Gasteiger partial charge in [0, 0.05) is 37.3 Å². The minimum atomic E-state index is 0.00506. The normalized spacial score (nSPS) is 18.0. The zero-order valence-electron chi connectivity index (χ0n) is 14.3. The molecule has 0 unspecified atom stereocenters. The number of carbonyl (C=O) groups is 1. The molecular weight excluding hydrogens is 306 g/mol. The fourth-order valence-electron chi connectivity index (χ4n) is 3.12. The number of pyridine rings is 1. The second kappa shape index (κ2) is 6.98. The van der Waals surface area contributed by atoms with Crippen LogP contribution in [-0.2, 0) is 0 Å². The van der Waals surface area contributed by atoms with Crippen LogP contribution in [0.25, 0.3) is 0 Å². The molecule has 1 aliphatic rings. The van der Waals surface area contributed by atoms with Crippen LogP contribution in [0.2, 0.25) is 0 Å². The van der Waals surface area contributed by atoms with E-state index in [0.29, 0.717) is 24.0 Å². The summed E-state index contributed by atoms with van der Waals surface area (Å²) >= 11 is 0. The lowest BCUT2D eigenvalue weighted by Gasteiger charge is -2.32. The Morgan fingerprint density at radius 2 is 2.21 bits per heavy atom. The molecule has 0 N–H and O–H groups in total. The topological polar surface area (TPSA) is 73.1 Å². The zero-order chi connectivity index (χ0) is 17.1. The van der Waals surface area contributed by atoms with E-state index >= 15 is 0 Å². The number of hydrogen-bond acceptors (Lipinski definition) is 5. The van der Waals surface area contributed by atoms with Crippen molar-refractivity contribution in [1.29, 1.82) is 0 Å². The number of nitrogens with zero attached hydrogens (tertiary/aromatic N) is 5. The summed E-state index contributed by atoms with van der Waals surface area (Å²) in [6.07, 6.45) is 5.33. The van der Waals surface area contributed by atoms with Crippen molar-refractivity contribution >= 4 is 5.91 Å². The molecular formula is C17H23N5O2. The molecule has 1 atom stereocenters. The minimum absolute atomic E-state index is 0.00506. The van der Waals surface area contributed by atoms with E-state index in [1.165, 1.54) is 0 Å². The monoisotopic (exact) mass is 329 g/mol. The maximum absolute atomic E-state index is 12.7. The highest BCUT2D eigenvalue weighted by Crippen LogP contribution is 2.27. The number of rotatable bonds is 4. The van der Waals surface area contributed by atoms with Gasteiger partial charge in [-0.25, -0.2) is 4.98 Å². The summed E-state index contributed by atoms with van der Waals surface area (Å²) < 4.78 is 7.13. The van der Waals surface area contributed by atoms with Gasteiger partial charge in [0.25, 0.3) is 5.91 Å². The summed E-state index contributed by atoms with van der Waals surface area (Å²) in [6.45, 7) is 5.65. The van der Waals surface area contributed by atoms with Crippen LogP contribution < -0.4 is 4.74 Å². The number of methoxy groups -OCH3 is 1. The van der Waals surface area contributed by atoms with E-state index in [1.54, 1.807) is 31.8 Å². The largest absolute Gasteiger partial charge is 0.481 e. The molecule has 0 aliphatic carbocycles. The maximum Gasteiger partial charge on any atom is 0.255 e. The van der Waals surface area contributed by atoms with Crippen LogP contribution in [0.5, 0.6) is 5.88 Å². The quantitative estimate of drug-likeness (QED) is 0.860. The van der Waals surface area contributed by atoms with Crippen LogP contribution >= 0.6 is 0 Å². The Kier molecular flexibility index (Phi) is 4.78. The molecule has 3 rings (SSSR count). The van der Waals surface area contributed by atoms with Crippen molar-refractivity contribution in [3.63, 3.8) is 0 Å². The number of piperidine rings is 1.